The highest BCUT2D eigenvalue weighted by molar-refractivity contribution is 5.92. The second-order valence-corrected chi connectivity index (χ2v) is 5.02. The molecular weight excluding hydrogens is 302 g/mol. The minimum atomic E-state index is -0.466. The second-order valence-electron chi connectivity index (χ2n) is 5.02. The van der Waals surface area contributed by atoms with Crippen LogP contribution >= 0.6 is 0 Å². The molecule has 2 heterocycles. The number of fused-ring (bicyclic) bond motifs is 1. The summed E-state index contributed by atoms with van der Waals surface area (Å²) in [7, 11) is 0. The number of morpholine rings is 1. The zero-order chi connectivity index (χ0) is 16.2. The highest BCUT2D eigenvalue weighted by Crippen LogP contribution is 2.31. The topological polar surface area (TPSA) is 94.8 Å². The molecule has 0 saturated carbocycles. The first kappa shape index (κ1) is 15.2. The number of nitro groups is 1. The smallest absolute Gasteiger partial charge is 0.279 e. The van der Waals surface area contributed by atoms with Gasteiger partial charge in [-0.3, -0.25) is 19.9 Å². The Balaban J connectivity index is 1.79. The molecule has 0 atom stereocenters. The fourth-order valence-corrected chi connectivity index (χ4v) is 2.45. The molecule has 0 spiro atoms. The number of nitro benzene ring substituents is 1. The first-order valence-corrected chi connectivity index (χ1v) is 7.17. The summed E-state index contributed by atoms with van der Waals surface area (Å²) in [6.45, 7) is 1.99. The van der Waals surface area contributed by atoms with E-state index < -0.39 is 4.92 Å². The van der Waals surface area contributed by atoms with Crippen LogP contribution in [0.25, 0.3) is 10.9 Å². The van der Waals surface area contributed by atoms with Crippen LogP contribution in [-0.2, 0) is 9.53 Å². The van der Waals surface area contributed by atoms with Crippen molar-refractivity contribution in [1.82, 2.24) is 9.88 Å². The van der Waals surface area contributed by atoms with Crippen molar-refractivity contribution in [2.24, 2.45) is 0 Å². The molecule has 0 aliphatic carbocycles. The normalized spacial score (nSPS) is 14.7. The lowest BCUT2D eigenvalue weighted by molar-refractivity contribution is -0.383. The van der Waals surface area contributed by atoms with Gasteiger partial charge in [-0.05, 0) is 18.2 Å². The summed E-state index contributed by atoms with van der Waals surface area (Å²) in [5, 5.41) is 11.4. The molecule has 1 aromatic heterocycles. The van der Waals surface area contributed by atoms with Crippen molar-refractivity contribution in [2.75, 3.05) is 32.9 Å². The molecule has 23 heavy (non-hydrogen) atoms. The molecule has 2 aromatic rings. The van der Waals surface area contributed by atoms with Crippen LogP contribution in [0.4, 0.5) is 5.69 Å². The summed E-state index contributed by atoms with van der Waals surface area (Å²) < 4.78 is 10.7. The number of hydrogen-bond donors (Lipinski definition) is 0. The van der Waals surface area contributed by atoms with Crippen molar-refractivity contribution < 1.29 is 19.2 Å². The number of benzene rings is 1. The SMILES string of the molecule is O=C(COc1ccc([N+](=O)[O-])c2cccnc12)N1CCOCC1. The summed E-state index contributed by atoms with van der Waals surface area (Å²) in [5.74, 6) is 0.212. The second kappa shape index (κ2) is 6.57. The molecular formula is C15H15N3O5. The number of non-ortho nitro benzene ring substituents is 1. The molecule has 1 aliphatic rings. The summed E-state index contributed by atoms with van der Waals surface area (Å²) in [5.41, 5.74) is 0.330. The summed E-state index contributed by atoms with van der Waals surface area (Å²) in [6.07, 6.45) is 1.53. The van der Waals surface area contributed by atoms with Crippen LogP contribution in [0.15, 0.2) is 30.5 Å². The highest BCUT2D eigenvalue weighted by Gasteiger charge is 2.19. The van der Waals surface area contributed by atoms with E-state index in [9.17, 15) is 14.9 Å². The molecule has 0 N–H and O–H groups in total. The standard InChI is InChI=1S/C15H15N3O5/c19-14(17-6-8-22-9-7-17)10-23-13-4-3-12(18(20)21)11-2-1-5-16-15(11)13/h1-5H,6-10H2. The van der Waals surface area contributed by atoms with E-state index in [0.717, 1.165) is 0 Å². The average molecular weight is 317 g/mol. The summed E-state index contributed by atoms with van der Waals surface area (Å²) >= 11 is 0. The van der Waals surface area contributed by atoms with E-state index in [2.05, 4.69) is 4.98 Å². The molecule has 1 aromatic carbocycles. The third kappa shape index (κ3) is 3.21. The summed E-state index contributed by atoms with van der Waals surface area (Å²) in [4.78, 5) is 28.5. The van der Waals surface area contributed by atoms with Crippen molar-refractivity contribution in [1.29, 1.82) is 0 Å². The van der Waals surface area contributed by atoms with Crippen LogP contribution in [-0.4, -0.2) is 53.6 Å². The molecule has 3 rings (SSSR count). The summed E-state index contributed by atoms with van der Waals surface area (Å²) in [6, 6.07) is 6.06. The van der Waals surface area contributed by atoms with Gasteiger partial charge >= 0.3 is 0 Å². The number of rotatable bonds is 4. The van der Waals surface area contributed by atoms with E-state index in [1.165, 1.54) is 18.3 Å². The molecule has 8 heteroatoms. The maximum Gasteiger partial charge on any atom is 0.279 e. The third-order valence-corrected chi connectivity index (χ3v) is 3.62. The van der Waals surface area contributed by atoms with Gasteiger partial charge < -0.3 is 14.4 Å². The number of nitrogens with zero attached hydrogens (tertiary/aromatic N) is 3. The lowest BCUT2D eigenvalue weighted by Gasteiger charge is -2.26. The maximum atomic E-state index is 12.1. The molecule has 120 valence electrons. The molecule has 0 unspecified atom stereocenters. The number of carbonyl (C=O) groups is 1. The molecule has 0 radical (unpaired) electrons. The third-order valence-electron chi connectivity index (χ3n) is 3.62. The Morgan fingerprint density at radius 3 is 2.87 bits per heavy atom. The van der Waals surface area contributed by atoms with Crippen molar-refractivity contribution in [3.63, 3.8) is 0 Å². The van der Waals surface area contributed by atoms with Gasteiger partial charge in [-0.1, -0.05) is 0 Å². The van der Waals surface area contributed by atoms with Gasteiger partial charge in [-0.15, -0.1) is 0 Å². The number of carbonyl (C=O) groups excluding carboxylic acids is 1. The Bertz CT molecular complexity index is 743. The number of hydrogen-bond acceptors (Lipinski definition) is 6. The van der Waals surface area contributed by atoms with Crippen LogP contribution < -0.4 is 4.74 Å². The van der Waals surface area contributed by atoms with Crippen molar-refractivity contribution >= 4 is 22.5 Å². The minimum Gasteiger partial charge on any atom is -0.481 e. The van der Waals surface area contributed by atoms with Crippen LogP contribution in [0.1, 0.15) is 0 Å². The first-order chi connectivity index (χ1) is 11.2. The number of pyridine rings is 1. The monoisotopic (exact) mass is 317 g/mol. The van der Waals surface area contributed by atoms with Crippen molar-refractivity contribution in [3.8, 4) is 5.75 Å². The Hall–Kier alpha value is -2.74. The predicted octanol–water partition coefficient (Wildman–Crippen LogP) is 1.38. The molecule has 1 fully saturated rings. The van der Waals surface area contributed by atoms with Crippen LogP contribution in [0.3, 0.4) is 0 Å². The van der Waals surface area contributed by atoms with E-state index >= 15 is 0 Å². The lowest BCUT2D eigenvalue weighted by atomic mass is 10.1. The Labute approximate surface area is 131 Å². The number of aromatic nitrogens is 1. The van der Waals surface area contributed by atoms with Gasteiger partial charge in [-0.25, -0.2) is 0 Å². The van der Waals surface area contributed by atoms with Crippen LogP contribution in [0, 0.1) is 10.1 Å². The molecule has 1 saturated heterocycles. The van der Waals surface area contributed by atoms with Gasteiger partial charge in [0, 0.05) is 25.4 Å². The Morgan fingerprint density at radius 2 is 2.13 bits per heavy atom. The molecule has 8 nitrogen and oxygen atoms in total. The zero-order valence-electron chi connectivity index (χ0n) is 12.3. The quantitative estimate of drug-likeness (QED) is 0.624. The van der Waals surface area contributed by atoms with E-state index in [0.29, 0.717) is 43.0 Å². The fourth-order valence-electron chi connectivity index (χ4n) is 2.45. The molecule has 1 aliphatic heterocycles. The van der Waals surface area contributed by atoms with Crippen molar-refractivity contribution in [3.05, 3.63) is 40.6 Å². The highest BCUT2D eigenvalue weighted by atomic mass is 16.6. The lowest BCUT2D eigenvalue weighted by Crippen LogP contribution is -2.43. The molecule has 1 amide bonds. The maximum absolute atomic E-state index is 12.1. The Kier molecular flexibility index (Phi) is 4.33. The van der Waals surface area contributed by atoms with E-state index in [1.807, 2.05) is 0 Å². The molecule has 0 bridgehead atoms. The van der Waals surface area contributed by atoms with Crippen molar-refractivity contribution in [2.45, 2.75) is 0 Å². The van der Waals surface area contributed by atoms with E-state index in [-0.39, 0.29) is 18.2 Å². The Morgan fingerprint density at radius 1 is 1.35 bits per heavy atom. The minimum absolute atomic E-state index is 0.0417. The van der Waals surface area contributed by atoms with Gasteiger partial charge in [0.05, 0.1) is 23.5 Å². The van der Waals surface area contributed by atoms with Crippen LogP contribution in [0.2, 0.25) is 0 Å². The average Bonchev–Trinajstić information content (AvgIpc) is 2.59. The fraction of sp³-hybridized carbons (Fsp3) is 0.333. The van der Waals surface area contributed by atoms with Gasteiger partial charge in [0.2, 0.25) is 0 Å². The number of ether oxygens (including phenoxy) is 2. The first-order valence-electron chi connectivity index (χ1n) is 7.17. The van der Waals surface area contributed by atoms with E-state index in [4.69, 9.17) is 9.47 Å². The van der Waals surface area contributed by atoms with Gasteiger partial charge in [0.1, 0.15) is 11.3 Å². The zero-order valence-corrected chi connectivity index (χ0v) is 12.3. The number of amides is 1. The van der Waals surface area contributed by atoms with Gasteiger partial charge in [0.25, 0.3) is 11.6 Å². The van der Waals surface area contributed by atoms with Gasteiger partial charge in [-0.2, -0.15) is 0 Å². The van der Waals surface area contributed by atoms with Crippen LogP contribution in [0.5, 0.6) is 5.75 Å². The largest absolute Gasteiger partial charge is 0.481 e. The predicted molar refractivity (Wildman–Crippen MR) is 81.3 cm³/mol. The van der Waals surface area contributed by atoms with Gasteiger partial charge in [0.15, 0.2) is 6.61 Å². The van der Waals surface area contributed by atoms with E-state index in [1.54, 1.807) is 17.0 Å².